The standard InChI is InChI=1S/C13H15N3OS/c1-14-11-12-9(4-7-18-12)3-6-16(13(11)17)10-2-5-15-8-10/h2,4-5,7-8,11,14-15H,3,6H2,1H3. The van der Waals surface area contributed by atoms with E-state index >= 15 is 0 Å². The summed E-state index contributed by atoms with van der Waals surface area (Å²) in [6, 6.07) is 3.83. The van der Waals surface area contributed by atoms with Crippen molar-refractivity contribution < 1.29 is 4.79 Å². The molecular formula is C13H15N3OS. The molecular weight excluding hydrogens is 246 g/mol. The Morgan fingerprint density at radius 1 is 1.50 bits per heavy atom. The Morgan fingerprint density at radius 2 is 2.39 bits per heavy atom. The van der Waals surface area contributed by atoms with Crippen molar-refractivity contribution in [3.05, 3.63) is 40.3 Å². The number of nitrogens with one attached hydrogen (secondary N) is 2. The van der Waals surface area contributed by atoms with Gasteiger partial charge in [-0.1, -0.05) is 0 Å². The van der Waals surface area contributed by atoms with Crippen LogP contribution in [0.25, 0.3) is 0 Å². The third-order valence-electron chi connectivity index (χ3n) is 3.34. The van der Waals surface area contributed by atoms with Gasteiger partial charge in [-0.2, -0.15) is 0 Å². The van der Waals surface area contributed by atoms with Crippen LogP contribution in [-0.2, 0) is 11.2 Å². The van der Waals surface area contributed by atoms with Gasteiger partial charge in [-0.05, 0) is 36.5 Å². The number of likely N-dealkylation sites (N-methyl/N-ethyl adjacent to an activating group) is 1. The van der Waals surface area contributed by atoms with Crippen LogP contribution in [0.1, 0.15) is 16.5 Å². The normalized spacial score (nSPS) is 19.7. The molecule has 1 aliphatic heterocycles. The van der Waals surface area contributed by atoms with Crippen molar-refractivity contribution in [2.75, 3.05) is 18.5 Å². The Balaban J connectivity index is 1.99. The lowest BCUT2D eigenvalue weighted by molar-refractivity contribution is -0.120. The van der Waals surface area contributed by atoms with Crippen LogP contribution in [0.3, 0.4) is 0 Å². The van der Waals surface area contributed by atoms with E-state index in [9.17, 15) is 4.79 Å². The summed E-state index contributed by atoms with van der Waals surface area (Å²) in [5, 5.41) is 5.20. The number of hydrogen-bond acceptors (Lipinski definition) is 3. The largest absolute Gasteiger partial charge is 0.366 e. The summed E-state index contributed by atoms with van der Waals surface area (Å²) < 4.78 is 0. The first-order valence-electron chi connectivity index (χ1n) is 5.99. The first-order valence-corrected chi connectivity index (χ1v) is 6.87. The van der Waals surface area contributed by atoms with E-state index in [0.717, 1.165) is 23.5 Å². The minimum absolute atomic E-state index is 0.123. The third-order valence-corrected chi connectivity index (χ3v) is 4.37. The van der Waals surface area contributed by atoms with E-state index in [4.69, 9.17) is 0 Å². The first-order chi connectivity index (χ1) is 8.81. The molecule has 2 aromatic heterocycles. The summed E-state index contributed by atoms with van der Waals surface area (Å²) in [5.41, 5.74) is 2.22. The molecule has 1 aliphatic rings. The number of carbonyl (C=O) groups excluding carboxylic acids is 1. The molecule has 0 aromatic carbocycles. The van der Waals surface area contributed by atoms with E-state index < -0.39 is 0 Å². The maximum atomic E-state index is 12.6. The predicted molar refractivity (Wildman–Crippen MR) is 73.0 cm³/mol. The van der Waals surface area contributed by atoms with Crippen LogP contribution < -0.4 is 10.2 Å². The van der Waals surface area contributed by atoms with Crippen molar-refractivity contribution in [3.8, 4) is 0 Å². The van der Waals surface area contributed by atoms with Gasteiger partial charge in [0.05, 0.1) is 5.69 Å². The van der Waals surface area contributed by atoms with Crippen LogP contribution in [0.15, 0.2) is 29.9 Å². The molecule has 0 saturated carbocycles. The summed E-state index contributed by atoms with van der Waals surface area (Å²) >= 11 is 1.66. The lowest BCUT2D eigenvalue weighted by Gasteiger charge is -2.23. The molecule has 3 heterocycles. The molecule has 1 unspecified atom stereocenters. The smallest absolute Gasteiger partial charge is 0.249 e. The number of thiophene rings is 1. The Hall–Kier alpha value is -1.59. The molecule has 4 nitrogen and oxygen atoms in total. The SMILES string of the molecule is CNC1C(=O)N(c2cc[nH]c2)CCc2ccsc21. The molecule has 2 N–H and O–H groups in total. The van der Waals surface area contributed by atoms with Crippen LogP contribution in [0.4, 0.5) is 5.69 Å². The monoisotopic (exact) mass is 261 g/mol. The van der Waals surface area contributed by atoms with Gasteiger partial charge in [0.1, 0.15) is 6.04 Å². The number of carbonyl (C=O) groups is 1. The van der Waals surface area contributed by atoms with Crippen LogP contribution in [0.5, 0.6) is 0 Å². The second-order valence-electron chi connectivity index (χ2n) is 4.34. The summed E-state index contributed by atoms with van der Waals surface area (Å²) in [5.74, 6) is 0.123. The van der Waals surface area contributed by atoms with Crippen molar-refractivity contribution in [2.45, 2.75) is 12.5 Å². The van der Waals surface area contributed by atoms with Crippen molar-refractivity contribution in [3.63, 3.8) is 0 Å². The molecule has 1 atom stereocenters. The van der Waals surface area contributed by atoms with Crippen LogP contribution in [-0.4, -0.2) is 24.5 Å². The van der Waals surface area contributed by atoms with E-state index in [2.05, 4.69) is 21.7 Å². The number of amides is 1. The average Bonchev–Trinajstić information content (AvgIpc) is 3.01. The van der Waals surface area contributed by atoms with E-state index in [-0.39, 0.29) is 11.9 Å². The molecule has 5 heteroatoms. The van der Waals surface area contributed by atoms with E-state index in [1.165, 1.54) is 5.56 Å². The van der Waals surface area contributed by atoms with Gasteiger partial charge in [-0.15, -0.1) is 11.3 Å². The molecule has 1 amide bonds. The topological polar surface area (TPSA) is 48.1 Å². The quantitative estimate of drug-likeness (QED) is 0.867. The van der Waals surface area contributed by atoms with Gasteiger partial charge in [0.25, 0.3) is 0 Å². The predicted octanol–water partition coefficient (Wildman–Crippen LogP) is 1.93. The number of rotatable bonds is 2. The second kappa shape index (κ2) is 4.59. The number of anilines is 1. The average molecular weight is 261 g/mol. The summed E-state index contributed by atoms with van der Waals surface area (Å²) in [6.07, 6.45) is 4.62. The maximum Gasteiger partial charge on any atom is 0.249 e. The van der Waals surface area contributed by atoms with Crippen molar-refractivity contribution in [1.29, 1.82) is 0 Å². The highest BCUT2D eigenvalue weighted by molar-refractivity contribution is 7.10. The van der Waals surface area contributed by atoms with Gasteiger partial charge >= 0.3 is 0 Å². The molecule has 2 aromatic rings. The Bertz CT molecular complexity index is 546. The van der Waals surface area contributed by atoms with Gasteiger partial charge in [0.15, 0.2) is 0 Å². The van der Waals surface area contributed by atoms with Crippen LogP contribution in [0, 0.1) is 0 Å². The molecule has 0 saturated heterocycles. The molecule has 3 rings (SSSR count). The summed E-state index contributed by atoms with van der Waals surface area (Å²) in [7, 11) is 1.84. The lowest BCUT2D eigenvalue weighted by Crippen LogP contribution is -2.38. The zero-order chi connectivity index (χ0) is 12.5. The fourth-order valence-corrected chi connectivity index (χ4v) is 3.47. The van der Waals surface area contributed by atoms with Crippen LogP contribution in [0.2, 0.25) is 0 Å². The number of fused-ring (bicyclic) bond motifs is 1. The highest BCUT2D eigenvalue weighted by Crippen LogP contribution is 2.31. The first kappa shape index (κ1) is 11.5. The fourth-order valence-electron chi connectivity index (χ4n) is 2.41. The van der Waals surface area contributed by atoms with Gasteiger partial charge < -0.3 is 15.2 Å². The maximum absolute atomic E-state index is 12.6. The van der Waals surface area contributed by atoms with Crippen LogP contribution >= 0.6 is 11.3 Å². The van der Waals surface area contributed by atoms with Gasteiger partial charge in [0, 0.05) is 23.8 Å². The van der Waals surface area contributed by atoms with Gasteiger partial charge in [-0.25, -0.2) is 0 Å². The zero-order valence-electron chi connectivity index (χ0n) is 10.1. The molecule has 0 radical (unpaired) electrons. The Kier molecular flexibility index (Phi) is 2.93. The summed E-state index contributed by atoms with van der Waals surface area (Å²) in [4.78, 5) is 18.6. The van der Waals surface area contributed by atoms with Crippen molar-refractivity contribution >= 4 is 22.9 Å². The highest BCUT2D eigenvalue weighted by atomic mass is 32.1. The molecule has 94 valence electrons. The van der Waals surface area contributed by atoms with Gasteiger partial charge in [0.2, 0.25) is 5.91 Å². The second-order valence-corrected chi connectivity index (χ2v) is 5.29. The molecule has 0 bridgehead atoms. The highest BCUT2D eigenvalue weighted by Gasteiger charge is 2.31. The number of aromatic nitrogens is 1. The fraction of sp³-hybridized carbons (Fsp3) is 0.308. The molecule has 0 aliphatic carbocycles. The number of nitrogens with zero attached hydrogens (tertiary/aromatic N) is 1. The molecule has 0 spiro atoms. The number of hydrogen-bond donors (Lipinski definition) is 2. The van der Waals surface area contributed by atoms with Crippen molar-refractivity contribution in [1.82, 2.24) is 10.3 Å². The third kappa shape index (κ3) is 1.76. The number of aromatic amines is 1. The van der Waals surface area contributed by atoms with E-state index in [1.807, 2.05) is 30.4 Å². The van der Waals surface area contributed by atoms with Gasteiger partial charge in [-0.3, -0.25) is 4.79 Å². The Labute approximate surface area is 110 Å². The van der Waals surface area contributed by atoms with Crippen molar-refractivity contribution in [2.24, 2.45) is 0 Å². The minimum atomic E-state index is -0.225. The molecule has 18 heavy (non-hydrogen) atoms. The minimum Gasteiger partial charge on any atom is -0.366 e. The summed E-state index contributed by atoms with van der Waals surface area (Å²) in [6.45, 7) is 0.735. The zero-order valence-corrected chi connectivity index (χ0v) is 11.0. The Morgan fingerprint density at radius 3 is 3.11 bits per heavy atom. The number of H-pyrrole nitrogens is 1. The lowest BCUT2D eigenvalue weighted by atomic mass is 10.1. The van der Waals surface area contributed by atoms with E-state index in [0.29, 0.717) is 0 Å². The van der Waals surface area contributed by atoms with E-state index in [1.54, 1.807) is 11.3 Å². The molecule has 0 fully saturated rings.